The van der Waals surface area contributed by atoms with Gasteiger partial charge < -0.3 is 24.8 Å². The van der Waals surface area contributed by atoms with Crippen LogP contribution >= 0.6 is 0 Å². The van der Waals surface area contributed by atoms with Gasteiger partial charge >= 0.3 is 349 Å². The van der Waals surface area contributed by atoms with E-state index in [1.165, 1.54) is 85.0 Å². The Balaban J connectivity index is 0.00000320. The Bertz CT molecular complexity index is 1980. The molecule has 0 bridgehead atoms. The van der Waals surface area contributed by atoms with Gasteiger partial charge in [0.2, 0.25) is 0 Å². The summed E-state index contributed by atoms with van der Waals surface area (Å²) >= 11 is -3.19. The van der Waals surface area contributed by atoms with Crippen molar-refractivity contribution in [3.05, 3.63) is 128 Å². The smallest absolute Gasteiger partial charge is 1.00 e. The molecule has 2 atom stereocenters. The Morgan fingerprint density at radius 2 is 0.810 bits per heavy atom. The van der Waals surface area contributed by atoms with Gasteiger partial charge in [-0.15, -0.1) is 0 Å². The molecule has 0 radical (unpaired) electrons. The predicted octanol–water partition coefficient (Wildman–Crippen LogP) is 10.8. The molecule has 0 aromatic heterocycles. The second-order valence-corrected chi connectivity index (χ2v) is 38.7. The maximum absolute atomic E-state index is 3.19. The first-order valence-corrected chi connectivity index (χ1v) is 31.4. The van der Waals surface area contributed by atoms with E-state index in [0.29, 0.717) is 7.35 Å². The normalized spacial score (nSPS) is 18.1. The maximum Gasteiger partial charge on any atom is -1.00 e. The molecule has 2 aliphatic carbocycles. The Morgan fingerprint density at radius 1 is 0.483 bits per heavy atom. The van der Waals surface area contributed by atoms with Gasteiger partial charge in [-0.2, -0.15) is 0 Å². The predicted molar refractivity (Wildman–Crippen MR) is 244 cm³/mol. The molecule has 310 valence electrons. The van der Waals surface area contributed by atoms with E-state index >= 15 is 0 Å². The topological polar surface area (TPSA) is 0 Å². The second-order valence-electron chi connectivity index (χ2n) is 22.1. The van der Waals surface area contributed by atoms with Crippen molar-refractivity contribution >= 4 is 12.2 Å². The summed E-state index contributed by atoms with van der Waals surface area (Å²) < 4.78 is 4.35. The molecule has 0 nitrogen and oxygen atoms in total. The first kappa shape index (κ1) is 46.9. The van der Waals surface area contributed by atoms with Gasteiger partial charge in [0.05, 0.1) is 0 Å². The molecule has 0 N–H and O–H groups in total. The number of benzene rings is 4. The van der Waals surface area contributed by atoms with Crippen molar-refractivity contribution in [1.29, 1.82) is 0 Å². The van der Waals surface area contributed by atoms with E-state index in [-0.39, 0.29) is 46.5 Å². The molecule has 4 aromatic rings. The van der Waals surface area contributed by atoms with Crippen LogP contribution in [0.4, 0.5) is 0 Å². The van der Waals surface area contributed by atoms with Gasteiger partial charge in [0.15, 0.2) is 0 Å². The standard InChI is InChI=1S/2C26H33.C3H6.2ClH.Hf/c2*1-8-10-18-13-19-11-9-12-23(24(19)14-18)20-15-21(25(2,3)4)17-22(16-20)26(5,6)7;1-3-2;;;/h2*9,11-17H,8,10H2,1-7H3;1-3H2;2*1H;/q;;;;;+2/p-2. The minimum Gasteiger partial charge on any atom is -1.00 e. The first-order valence-electron chi connectivity index (χ1n) is 22.2. The van der Waals surface area contributed by atoms with E-state index in [2.05, 4.69) is 182 Å². The van der Waals surface area contributed by atoms with E-state index in [9.17, 15) is 0 Å². The van der Waals surface area contributed by atoms with Gasteiger partial charge in [-0.05, 0) is 0 Å². The van der Waals surface area contributed by atoms with Crippen LogP contribution in [0.5, 0.6) is 0 Å². The maximum atomic E-state index is 2.72. The number of hydrogen-bond donors (Lipinski definition) is 0. The molecule has 1 fully saturated rings. The van der Waals surface area contributed by atoms with Crippen LogP contribution in [0.3, 0.4) is 0 Å². The van der Waals surface area contributed by atoms with Crippen LogP contribution < -0.4 is 24.8 Å². The molecule has 0 spiro atoms. The first-order chi connectivity index (χ1) is 26.2. The summed E-state index contributed by atoms with van der Waals surface area (Å²) in [7, 11) is 0. The number of hydrogen-bond acceptors (Lipinski definition) is 0. The van der Waals surface area contributed by atoms with Crippen LogP contribution in [0.1, 0.15) is 181 Å². The van der Waals surface area contributed by atoms with Crippen LogP contribution in [0.2, 0.25) is 8.35 Å². The molecule has 1 heterocycles. The monoisotopic (exact) mass is 982 g/mol. The van der Waals surface area contributed by atoms with Crippen LogP contribution in [0, 0.1) is 0 Å². The molecule has 7 rings (SSSR count). The average Bonchev–Trinajstić information content (AvgIpc) is 3.65. The van der Waals surface area contributed by atoms with E-state index in [4.69, 9.17) is 0 Å². The van der Waals surface area contributed by atoms with E-state index < -0.39 is 20.0 Å². The third-order valence-corrected chi connectivity index (χ3v) is 36.2. The van der Waals surface area contributed by atoms with Crippen molar-refractivity contribution in [2.45, 2.75) is 166 Å². The zero-order valence-electron chi connectivity index (χ0n) is 38.4. The summed E-state index contributed by atoms with van der Waals surface area (Å²) in [5.41, 5.74) is 21.8. The summed E-state index contributed by atoms with van der Waals surface area (Å²) in [5, 5.41) is 0. The molecule has 4 aromatic carbocycles. The van der Waals surface area contributed by atoms with Crippen molar-refractivity contribution in [2.24, 2.45) is 0 Å². The Labute approximate surface area is 371 Å². The van der Waals surface area contributed by atoms with Crippen molar-refractivity contribution in [1.82, 2.24) is 0 Å². The summed E-state index contributed by atoms with van der Waals surface area (Å²) in [4.78, 5) is 0. The van der Waals surface area contributed by atoms with E-state index in [1.54, 1.807) is 33.4 Å². The third-order valence-electron chi connectivity index (χ3n) is 13.8. The van der Waals surface area contributed by atoms with Crippen molar-refractivity contribution in [3.8, 4) is 22.3 Å². The molecular formula is C55H72Cl2Hf. The number of allylic oxidation sites excluding steroid dienone is 2. The molecule has 2 unspecified atom stereocenters. The fraction of sp³-hybridized carbons (Fsp3) is 0.491. The van der Waals surface area contributed by atoms with Crippen LogP contribution in [0.15, 0.2) is 83.9 Å². The largest absolute Gasteiger partial charge is 1.00 e. The Kier molecular flexibility index (Phi) is 13.7. The van der Waals surface area contributed by atoms with Crippen LogP contribution in [0.25, 0.3) is 34.4 Å². The minimum atomic E-state index is -3.19. The molecule has 1 saturated heterocycles. The average molecular weight is 983 g/mol. The Hall–Kier alpha value is -2.19. The van der Waals surface area contributed by atoms with Crippen LogP contribution in [-0.4, -0.2) is 0 Å². The second kappa shape index (κ2) is 16.9. The number of fused-ring (bicyclic) bond motifs is 2. The molecular weight excluding hydrogens is 910 g/mol. The van der Waals surface area contributed by atoms with Gasteiger partial charge in [-0.3, -0.25) is 0 Å². The number of halogens is 2. The fourth-order valence-corrected chi connectivity index (χ4v) is 33.2. The van der Waals surface area contributed by atoms with Crippen molar-refractivity contribution in [2.75, 3.05) is 0 Å². The molecule has 1 aliphatic heterocycles. The van der Waals surface area contributed by atoms with Crippen LogP contribution in [-0.2, 0) is 41.6 Å². The minimum absolute atomic E-state index is 0. The summed E-state index contributed by atoms with van der Waals surface area (Å²) in [6.45, 7) is 33.3. The van der Waals surface area contributed by atoms with E-state index in [0.717, 1.165) is 0 Å². The number of rotatable bonds is 8. The van der Waals surface area contributed by atoms with Gasteiger partial charge in [-0.1, -0.05) is 0 Å². The van der Waals surface area contributed by atoms with Gasteiger partial charge in [0, 0.05) is 0 Å². The molecule has 3 heteroatoms. The summed E-state index contributed by atoms with van der Waals surface area (Å²) in [6, 6.07) is 29.9. The SMILES string of the molecule is CCCC1=Cc2c(-c3cc(C(C)(C)C)cc(C(C)(C)C)c3)cccc2[CH]1[Hf+2]1([CH]2C(CCC)=Cc3c(-c4cc(C(C)(C)C)cc(C(C)(C)C)c4)cccc32)[CH2]C[CH2]1.[Cl-].[Cl-]. The fourth-order valence-electron chi connectivity index (χ4n) is 10.4. The summed E-state index contributed by atoms with van der Waals surface area (Å²) in [6.07, 6.45) is 11.7. The van der Waals surface area contributed by atoms with E-state index in [1.807, 2.05) is 0 Å². The van der Waals surface area contributed by atoms with Gasteiger partial charge in [0.1, 0.15) is 0 Å². The van der Waals surface area contributed by atoms with Gasteiger partial charge in [-0.25, -0.2) is 0 Å². The molecule has 58 heavy (non-hydrogen) atoms. The van der Waals surface area contributed by atoms with Gasteiger partial charge in [0.25, 0.3) is 0 Å². The quantitative estimate of drug-likeness (QED) is 0.154. The van der Waals surface area contributed by atoms with Crippen molar-refractivity contribution in [3.63, 3.8) is 0 Å². The van der Waals surface area contributed by atoms with Crippen molar-refractivity contribution < 1.29 is 44.8 Å². The zero-order valence-corrected chi connectivity index (χ0v) is 43.5. The molecule has 0 amide bonds. The Morgan fingerprint density at radius 3 is 1.07 bits per heavy atom. The molecule has 0 saturated carbocycles. The zero-order chi connectivity index (χ0) is 40.6. The third kappa shape index (κ3) is 8.64. The molecule has 3 aliphatic rings. The summed E-state index contributed by atoms with van der Waals surface area (Å²) in [5.74, 6) is 0.